The van der Waals surface area contributed by atoms with Crippen molar-refractivity contribution in [2.45, 2.75) is 32.6 Å². The highest BCUT2D eigenvalue weighted by Crippen LogP contribution is 2.28. The van der Waals surface area contributed by atoms with E-state index in [9.17, 15) is 0 Å². The smallest absolute Gasteiger partial charge is 0.229 e. The van der Waals surface area contributed by atoms with Gasteiger partial charge in [-0.2, -0.15) is 4.98 Å². The molecule has 0 saturated carbocycles. The van der Waals surface area contributed by atoms with Gasteiger partial charge in [0, 0.05) is 19.3 Å². The van der Waals surface area contributed by atoms with Crippen LogP contribution in [0.5, 0.6) is 5.75 Å². The fraction of sp³-hybridized carbons (Fsp3) is 0.444. The van der Waals surface area contributed by atoms with Gasteiger partial charge in [0.15, 0.2) is 0 Å². The highest BCUT2D eigenvalue weighted by molar-refractivity contribution is 5.64. The zero-order valence-electron chi connectivity index (χ0n) is 13.9. The maximum Gasteiger partial charge on any atom is 0.229 e. The van der Waals surface area contributed by atoms with Crippen molar-refractivity contribution >= 4 is 17.5 Å². The van der Waals surface area contributed by atoms with Crippen molar-refractivity contribution in [3.63, 3.8) is 0 Å². The van der Waals surface area contributed by atoms with Crippen molar-refractivity contribution in [1.82, 2.24) is 9.97 Å². The lowest BCUT2D eigenvalue weighted by Crippen LogP contribution is -2.25. The third kappa shape index (κ3) is 3.92. The third-order valence-electron chi connectivity index (χ3n) is 4.17. The van der Waals surface area contributed by atoms with E-state index in [1.807, 2.05) is 30.5 Å². The molecule has 23 heavy (non-hydrogen) atoms. The minimum Gasteiger partial charge on any atom is -0.495 e. The van der Waals surface area contributed by atoms with E-state index in [0.29, 0.717) is 5.95 Å². The number of rotatable bonds is 4. The minimum atomic E-state index is 0.607. The number of aromatic nitrogens is 2. The topological polar surface area (TPSA) is 50.3 Å². The van der Waals surface area contributed by atoms with E-state index in [1.165, 1.54) is 25.7 Å². The number of methoxy groups -OCH3 is 1. The van der Waals surface area contributed by atoms with Gasteiger partial charge < -0.3 is 15.0 Å². The van der Waals surface area contributed by atoms with Crippen LogP contribution in [0, 0.1) is 6.92 Å². The Hall–Kier alpha value is -2.30. The molecule has 1 aromatic carbocycles. The highest BCUT2D eigenvalue weighted by atomic mass is 16.5. The van der Waals surface area contributed by atoms with E-state index in [-0.39, 0.29) is 0 Å². The van der Waals surface area contributed by atoms with Crippen molar-refractivity contribution < 1.29 is 4.74 Å². The summed E-state index contributed by atoms with van der Waals surface area (Å²) in [5, 5.41) is 3.29. The Bertz CT molecular complexity index is 651. The van der Waals surface area contributed by atoms with Gasteiger partial charge in [0.25, 0.3) is 0 Å². The first-order chi connectivity index (χ1) is 11.3. The van der Waals surface area contributed by atoms with Crippen molar-refractivity contribution in [1.29, 1.82) is 0 Å². The van der Waals surface area contributed by atoms with Crippen LogP contribution >= 0.6 is 0 Å². The van der Waals surface area contributed by atoms with Gasteiger partial charge in [-0.3, -0.25) is 0 Å². The first-order valence-corrected chi connectivity index (χ1v) is 8.26. The number of anilines is 3. The van der Waals surface area contributed by atoms with Crippen molar-refractivity contribution in [3.05, 3.63) is 36.0 Å². The fourth-order valence-electron chi connectivity index (χ4n) is 2.93. The van der Waals surface area contributed by atoms with Gasteiger partial charge in [0.05, 0.1) is 12.8 Å². The molecule has 0 atom stereocenters. The second-order valence-electron chi connectivity index (χ2n) is 5.97. The molecule has 3 rings (SSSR count). The van der Waals surface area contributed by atoms with Gasteiger partial charge in [-0.25, -0.2) is 4.98 Å². The van der Waals surface area contributed by atoms with Gasteiger partial charge in [-0.05, 0) is 43.5 Å². The van der Waals surface area contributed by atoms with Crippen LogP contribution < -0.4 is 15.0 Å². The summed E-state index contributed by atoms with van der Waals surface area (Å²) < 4.78 is 5.41. The number of benzene rings is 1. The maximum absolute atomic E-state index is 5.41. The van der Waals surface area contributed by atoms with E-state index in [1.54, 1.807) is 7.11 Å². The minimum absolute atomic E-state index is 0.607. The molecule has 1 N–H and O–H groups in total. The summed E-state index contributed by atoms with van der Waals surface area (Å²) in [5.41, 5.74) is 2.05. The normalized spacial score (nSPS) is 15.1. The molecular weight excluding hydrogens is 288 g/mol. The number of hydrogen-bond acceptors (Lipinski definition) is 5. The molecule has 0 spiro atoms. The van der Waals surface area contributed by atoms with Gasteiger partial charge in [0.1, 0.15) is 11.6 Å². The zero-order valence-corrected chi connectivity index (χ0v) is 13.9. The van der Waals surface area contributed by atoms with Crippen LogP contribution in [0.4, 0.5) is 17.5 Å². The summed E-state index contributed by atoms with van der Waals surface area (Å²) in [7, 11) is 1.67. The first kappa shape index (κ1) is 15.6. The molecule has 5 nitrogen and oxygen atoms in total. The van der Waals surface area contributed by atoms with E-state index >= 15 is 0 Å². The Morgan fingerprint density at radius 1 is 1.09 bits per heavy atom. The monoisotopic (exact) mass is 312 g/mol. The van der Waals surface area contributed by atoms with Crippen LogP contribution in [0.15, 0.2) is 30.5 Å². The van der Waals surface area contributed by atoms with Crippen LogP contribution in [0.25, 0.3) is 0 Å². The summed E-state index contributed by atoms with van der Waals surface area (Å²) in [6.07, 6.45) is 6.91. The van der Waals surface area contributed by atoms with Gasteiger partial charge in [-0.15, -0.1) is 0 Å². The Morgan fingerprint density at radius 3 is 2.61 bits per heavy atom. The van der Waals surface area contributed by atoms with E-state index in [2.05, 4.69) is 27.1 Å². The number of aryl methyl sites for hydroxylation is 1. The number of hydrogen-bond donors (Lipinski definition) is 1. The van der Waals surface area contributed by atoms with Crippen LogP contribution in [0.2, 0.25) is 0 Å². The molecule has 5 heteroatoms. The van der Waals surface area contributed by atoms with Crippen LogP contribution in [-0.2, 0) is 0 Å². The van der Waals surface area contributed by atoms with Gasteiger partial charge >= 0.3 is 0 Å². The quantitative estimate of drug-likeness (QED) is 0.927. The highest BCUT2D eigenvalue weighted by Gasteiger charge is 2.12. The summed E-state index contributed by atoms with van der Waals surface area (Å²) in [6, 6.07) is 8.01. The molecule has 0 amide bonds. The molecule has 1 aliphatic rings. The Morgan fingerprint density at radius 2 is 1.87 bits per heavy atom. The second-order valence-corrected chi connectivity index (χ2v) is 5.97. The number of ether oxygens (including phenoxy) is 1. The molecule has 1 fully saturated rings. The van der Waals surface area contributed by atoms with Crippen molar-refractivity contribution in [3.8, 4) is 5.75 Å². The standard InChI is InChI=1S/C18H24N4O/c1-14-7-8-16(23-2)15(13-14)20-18-19-10-9-17(21-18)22-11-5-3-4-6-12-22/h7-10,13H,3-6,11-12H2,1-2H3,(H,19,20,21). The Kier molecular flexibility index (Phi) is 4.95. The molecule has 0 unspecified atom stereocenters. The van der Waals surface area contributed by atoms with Crippen molar-refractivity contribution in [2.24, 2.45) is 0 Å². The fourth-order valence-corrected chi connectivity index (χ4v) is 2.93. The lowest BCUT2D eigenvalue weighted by molar-refractivity contribution is 0.416. The summed E-state index contributed by atoms with van der Waals surface area (Å²) >= 11 is 0. The van der Waals surface area contributed by atoms with E-state index < -0.39 is 0 Å². The second kappa shape index (κ2) is 7.31. The van der Waals surface area contributed by atoms with E-state index in [4.69, 9.17) is 4.74 Å². The Labute approximate surface area is 137 Å². The molecule has 0 bridgehead atoms. The molecule has 1 aliphatic heterocycles. The molecule has 2 heterocycles. The molecule has 1 saturated heterocycles. The Balaban J connectivity index is 1.81. The SMILES string of the molecule is COc1ccc(C)cc1Nc1nccc(N2CCCCCC2)n1. The van der Waals surface area contributed by atoms with Crippen LogP contribution in [-0.4, -0.2) is 30.2 Å². The predicted octanol–water partition coefficient (Wildman–Crippen LogP) is 3.92. The van der Waals surface area contributed by atoms with Gasteiger partial charge in [0.2, 0.25) is 5.95 Å². The predicted molar refractivity (Wildman–Crippen MR) is 93.7 cm³/mol. The van der Waals surface area contributed by atoms with Gasteiger partial charge in [-0.1, -0.05) is 18.9 Å². The molecule has 1 aromatic heterocycles. The average molecular weight is 312 g/mol. The lowest BCUT2D eigenvalue weighted by Gasteiger charge is -2.21. The molecule has 0 radical (unpaired) electrons. The lowest BCUT2D eigenvalue weighted by atomic mass is 10.2. The summed E-state index contributed by atoms with van der Waals surface area (Å²) in [6.45, 7) is 4.20. The zero-order chi connectivity index (χ0) is 16.1. The third-order valence-corrected chi connectivity index (χ3v) is 4.17. The summed E-state index contributed by atoms with van der Waals surface area (Å²) in [5.74, 6) is 2.39. The first-order valence-electron chi connectivity index (χ1n) is 8.26. The largest absolute Gasteiger partial charge is 0.495 e. The maximum atomic E-state index is 5.41. The molecule has 2 aromatic rings. The number of nitrogens with zero attached hydrogens (tertiary/aromatic N) is 3. The molecular formula is C18H24N4O. The van der Waals surface area contributed by atoms with Crippen LogP contribution in [0.3, 0.4) is 0 Å². The molecule has 122 valence electrons. The summed E-state index contributed by atoms with van der Waals surface area (Å²) in [4.78, 5) is 11.4. The van der Waals surface area contributed by atoms with Crippen LogP contribution in [0.1, 0.15) is 31.2 Å². The van der Waals surface area contributed by atoms with Crippen molar-refractivity contribution in [2.75, 3.05) is 30.4 Å². The number of nitrogens with one attached hydrogen (secondary N) is 1. The average Bonchev–Trinajstić information content (AvgIpc) is 2.85. The molecule has 0 aliphatic carbocycles. The van der Waals surface area contributed by atoms with E-state index in [0.717, 1.165) is 35.9 Å².